The number of carboxylic acids is 1. The van der Waals surface area contributed by atoms with Gasteiger partial charge >= 0.3 is 5.97 Å². The smallest absolute Gasteiger partial charge is 0.371 e. The molecule has 9 heteroatoms. The third kappa shape index (κ3) is 2.72. The predicted molar refractivity (Wildman–Crippen MR) is 67.3 cm³/mol. The fraction of sp³-hybridized carbons (Fsp3) is 0.0909. The number of carboxylic acid groups (broad SMARTS) is 1. The summed E-state index contributed by atoms with van der Waals surface area (Å²) in [5.74, 6) is -1.74. The van der Waals surface area contributed by atoms with Gasteiger partial charge in [0.05, 0.1) is 7.11 Å². The molecule has 0 radical (unpaired) electrons. The van der Waals surface area contributed by atoms with E-state index in [2.05, 4.69) is 9.71 Å². The standard InChI is InChI=1S/C11H10N2O6S/c1-18-10-7(3-2-6-12-10)13-20(16,17)9-5-4-8(19-9)11(14)15/h2-6,13H,1H3,(H,14,15). The topological polar surface area (TPSA) is 119 Å². The van der Waals surface area contributed by atoms with Crippen LogP contribution in [0, 0.1) is 0 Å². The zero-order valence-electron chi connectivity index (χ0n) is 10.2. The first kappa shape index (κ1) is 13.9. The molecule has 2 heterocycles. The largest absolute Gasteiger partial charge is 0.480 e. The number of ether oxygens (including phenoxy) is 1. The summed E-state index contributed by atoms with van der Waals surface area (Å²) >= 11 is 0. The summed E-state index contributed by atoms with van der Waals surface area (Å²) in [7, 11) is -2.72. The number of aromatic carboxylic acids is 1. The van der Waals surface area contributed by atoms with Crippen molar-refractivity contribution in [2.45, 2.75) is 5.09 Å². The number of furan rings is 1. The summed E-state index contributed by atoms with van der Waals surface area (Å²) in [5.41, 5.74) is 0.114. The Kier molecular flexibility index (Phi) is 3.61. The van der Waals surface area contributed by atoms with Crippen molar-refractivity contribution < 1.29 is 27.5 Å². The first-order chi connectivity index (χ1) is 9.44. The van der Waals surface area contributed by atoms with E-state index in [1.807, 2.05) is 0 Å². The molecule has 20 heavy (non-hydrogen) atoms. The van der Waals surface area contributed by atoms with Gasteiger partial charge in [-0.1, -0.05) is 0 Å². The van der Waals surface area contributed by atoms with Crippen LogP contribution in [0.25, 0.3) is 0 Å². The van der Waals surface area contributed by atoms with Gasteiger partial charge in [0, 0.05) is 6.20 Å². The maximum Gasteiger partial charge on any atom is 0.371 e. The Balaban J connectivity index is 2.33. The average molecular weight is 298 g/mol. The lowest BCUT2D eigenvalue weighted by Crippen LogP contribution is -2.13. The van der Waals surface area contributed by atoms with E-state index in [-0.39, 0.29) is 11.6 Å². The van der Waals surface area contributed by atoms with E-state index in [1.165, 1.54) is 25.4 Å². The molecular weight excluding hydrogens is 288 g/mol. The molecule has 0 atom stereocenters. The monoisotopic (exact) mass is 298 g/mol. The Morgan fingerprint density at radius 3 is 2.75 bits per heavy atom. The number of pyridine rings is 1. The van der Waals surface area contributed by atoms with E-state index in [0.29, 0.717) is 0 Å². The van der Waals surface area contributed by atoms with Crippen LogP contribution in [-0.2, 0) is 10.0 Å². The second kappa shape index (κ2) is 5.21. The first-order valence-corrected chi connectivity index (χ1v) is 6.77. The Morgan fingerprint density at radius 2 is 2.15 bits per heavy atom. The maximum atomic E-state index is 12.0. The molecule has 2 N–H and O–H groups in total. The van der Waals surface area contributed by atoms with Crippen LogP contribution < -0.4 is 9.46 Å². The van der Waals surface area contributed by atoms with Crippen molar-refractivity contribution in [2.75, 3.05) is 11.8 Å². The van der Waals surface area contributed by atoms with Gasteiger partial charge in [0.1, 0.15) is 5.69 Å². The van der Waals surface area contributed by atoms with Crippen molar-refractivity contribution in [3.8, 4) is 5.88 Å². The lowest BCUT2D eigenvalue weighted by Gasteiger charge is -2.08. The maximum absolute atomic E-state index is 12.0. The van der Waals surface area contributed by atoms with E-state index in [4.69, 9.17) is 14.3 Å². The molecule has 2 aromatic heterocycles. The van der Waals surface area contributed by atoms with Gasteiger partial charge in [0.2, 0.25) is 16.7 Å². The molecule has 0 aromatic carbocycles. The number of anilines is 1. The molecular formula is C11H10N2O6S. The SMILES string of the molecule is COc1ncccc1NS(=O)(=O)c1ccc(C(=O)O)o1. The zero-order valence-corrected chi connectivity index (χ0v) is 11.0. The number of rotatable bonds is 5. The van der Waals surface area contributed by atoms with E-state index in [9.17, 15) is 13.2 Å². The summed E-state index contributed by atoms with van der Waals surface area (Å²) in [6.45, 7) is 0. The van der Waals surface area contributed by atoms with Crippen LogP contribution in [0.4, 0.5) is 5.69 Å². The van der Waals surface area contributed by atoms with Gasteiger partial charge in [-0.05, 0) is 24.3 Å². The molecule has 8 nitrogen and oxygen atoms in total. The minimum Gasteiger partial charge on any atom is -0.480 e. The van der Waals surface area contributed by atoms with Gasteiger partial charge in [-0.2, -0.15) is 8.42 Å². The first-order valence-electron chi connectivity index (χ1n) is 5.29. The van der Waals surface area contributed by atoms with Crippen LogP contribution in [0.1, 0.15) is 10.6 Å². The van der Waals surface area contributed by atoms with Crippen molar-refractivity contribution in [3.63, 3.8) is 0 Å². The van der Waals surface area contributed by atoms with E-state index in [1.54, 1.807) is 0 Å². The predicted octanol–water partition coefficient (Wildman–Crippen LogP) is 1.18. The lowest BCUT2D eigenvalue weighted by molar-refractivity contribution is 0.0656. The molecule has 2 rings (SSSR count). The van der Waals surface area contributed by atoms with E-state index >= 15 is 0 Å². The molecule has 0 spiro atoms. The van der Waals surface area contributed by atoms with Crippen molar-refractivity contribution in [1.82, 2.24) is 4.98 Å². The Morgan fingerprint density at radius 1 is 1.40 bits per heavy atom. The van der Waals surface area contributed by atoms with Crippen molar-refractivity contribution >= 4 is 21.7 Å². The highest BCUT2D eigenvalue weighted by Crippen LogP contribution is 2.24. The van der Waals surface area contributed by atoms with Crippen LogP contribution in [-0.4, -0.2) is 31.6 Å². The molecule has 0 saturated carbocycles. The minimum atomic E-state index is -4.06. The Bertz CT molecular complexity index is 737. The highest BCUT2D eigenvalue weighted by atomic mass is 32.2. The summed E-state index contributed by atoms with van der Waals surface area (Å²) < 4.78 is 35.9. The molecule has 0 unspecified atom stereocenters. The number of hydrogen-bond acceptors (Lipinski definition) is 6. The normalized spacial score (nSPS) is 11.1. The molecule has 0 aliphatic rings. The Hall–Kier alpha value is -2.55. The second-order valence-electron chi connectivity index (χ2n) is 3.59. The van der Waals surface area contributed by atoms with Gasteiger partial charge in [0.15, 0.2) is 0 Å². The molecule has 0 bridgehead atoms. The molecule has 2 aromatic rings. The third-order valence-corrected chi connectivity index (χ3v) is 3.50. The van der Waals surface area contributed by atoms with Gasteiger partial charge in [-0.25, -0.2) is 9.78 Å². The van der Waals surface area contributed by atoms with Crippen LogP contribution in [0.2, 0.25) is 0 Å². The van der Waals surface area contributed by atoms with E-state index in [0.717, 1.165) is 12.1 Å². The van der Waals surface area contributed by atoms with Gasteiger partial charge in [-0.15, -0.1) is 0 Å². The van der Waals surface area contributed by atoms with Crippen LogP contribution in [0.5, 0.6) is 5.88 Å². The van der Waals surface area contributed by atoms with Gasteiger partial charge < -0.3 is 14.3 Å². The number of nitrogens with one attached hydrogen (secondary N) is 1. The third-order valence-electron chi connectivity index (χ3n) is 2.27. The number of hydrogen-bond donors (Lipinski definition) is 2. The lowest BCUT2D eigenvalue weighted by atomic mass is 10.4. The number of carbonyl (C=O) groups is 1. The summed E-state index contributed by atoms with van der Waals surface area (Å²) in [6, 6.07) is 5.07. The van der Waals surface area contributed by atoms with Crippen LogP contribution in [0.15, 0.2) is 40.0 Å². The highest BCUT2D eigenvalue weighted by Gasteiger charge is 2.22. The number of methoxy groups -OCH3 is 1. The average Bonchev–Trinajstić information content (AvgIpc) is 2.89. The molecule has 0 fully saturated rings. The fourth-order valence-corrected chi connectivity index (χ4v) is 2.40. The summed E-state index contributed by atoms with van der Waals surface area (Å²) in [6.07, 6.45) is 1.44. The van der Waals surface area contributed by atoms with Crippen molar-refractivity contribution in [1.29, 1.82) is 0 Å². The molecule has 106 valence electrons. The van der Waals surface area contributed by atoms with Crippen LogP contribution >= 0.6 is 0 Å². The quantitative estimate of drug-likeness (QED) is 0.850. The van der Waals surface area contributed by atoms with Crippen molar-refractivity contribution in [2.24, 2.45) is 0 Å². The number of aromatic nitrogens is 1. The van der Waals surface area contributed by atoms with Crippen LogP contribution in [0.3, 0.4) is 0 Å². The number of nitrogens with zero attached hydrogens (tertiary/aromatic N) is 1. The summed E-state index contributed by atoms with van der Waals surface area (Å²) in [5, 5.41) is 8.18. The van der Waals surface area contributed by atoms with E-state index < -0.39 is 26.8 Å². The second-order valence-corrected chi connectivity index (χ2v) is 5.20. The Labute approximate surface area is 114 Å². The fourth-order valence-electron chi connectivity index (χ4n) is 1.41. The molecule has 0 amide bonds. The van der Waals surface area contributed by atoms with Gasteiger partial charge in [-0.3, -0.25) is 4.72 Å². The molecule has 0 saturated heterocycles. The minimum absolute atomic E-state index is 0.0843. The molecule has 0 aliphatic carbocycles. The number of sulfonamides is 1. The highest BCUT2D eigenvalue weighted by molar-refractivity contribution is 7.92. The molecule has 0 aliphatic heterocycles. The van der Waals surface area contributed by atoms with Crippen molar-refractivity contribution in [3.05, 3.63) is 36.2 Å². The summed E-state index contributed by atoms with van der Waals surface area (Å²) in [4.78, 5) is 14.5. The zero-order chi connectivity index (χ0) is 14.8. The van der Waals surface area contributed by atoms with Gasteiger partial charge in [0.25, 0.3) is 10.0 Å².